The molecule has 0 aliphatic carbocycles. The molecule has 162 valence electrons. The Morgan fingerprint density at radius 1 is 1.27 bits per heavy atom. The molecule has 30 heavy (non-hydrogen) atoms. The van der Waals surface area contributed by atoms with Crippen LogP contribution in [0.1, 0.15) is 48.6 Å². The summed E-state index contributed by atoms with van der Waals surface area (Å²) in [6.45, 7) is 2.56. The molecule has 9 heteroatoms. The van der Waals surface area contributed by atoms with E-state index in [1.807, 2.05) is 10.9 Å². The van der Waals surface area contributed by atoms with E-state index in [4.69, 9.17) is 4.74 Å². The van der Waals surface area contributed by atoms with Crippen LogP contribution in [0.5, 0.6) is 5.75 Å². The molecule has 4 rings (SSSR count). The smallest absolute Gasteiger partial charge is 0.276 e. The summed E-state index contributed by atoms with van der Waals surface area (Å²) >= 11 is 0. The van der Waals surface area contributed by atoms with E-state index in [0.29, 0.717) is 35.8 Å². The Hall–Kier alpha value is -2.58. The first-order valence-electron chi connectivity index (χ1n) is 10.2. The number of aromatic nitrogens is 2. The third-order valence-electron chi connectivity index (χ3n) is 5.54. The van der Waals surface area contributed by atoms with Gasteiger partial charge in [-0.05, 0) is 56.5 Å². The average Bonchev–Trinajstić information content (AvgIpc) is 3.25. The number of piperidine rings is 2. The van der Waals surface area contributed by atoms with Crippen molar-refractivity contribution in [2.24, 2.45) is 0 Å². The van der Waals surface area contributed by atoms with Crippen molar-refractivity contribution < 1.29 is 14.3 Å². The van der Waals surface area contributed by atoms with Crippen LogP contribution in [0.4, 0.5) is 11.4 Å². The topological polar surface area (TPSA) is 88.5 Å². The molecule has 1 unspecified atom stereocenters. The molecule has 2 fully saturated rings. The van der Waals surface area contributed by atoms with Crippen molar-refractivity contribution in [3.63, 3.8) is 0 Å². The molecule has 2 aromatic rings. The third-order valence-corrected chi connectivity index (χ3v) is 5.54. The number of anilines is 2. The molecule has 8 nitrogen and oxygen atoms in total. The lowest BCUT2D eigenvalue weighted by atomic mass is 10.1. The molecule has 0 saturated carbocycles. The molecule has 2 aliphatic rings. The zero-order chi connectivity index (χ0) is 20.2. The van der Waals surface area contributed by atoms with E-state index in [9.17, 15) is 9.59 Å². The monoisotopic (exact) mass is 433 g/mol. The number of carbonyl (C=O) groups excluding carboxylic acids is 2. The van der Waals surface area contributed by atoms with E-state index in [2.05, 4.69) is 15.7 Å². The molecule has 1 atom stereocenters. The van der Waals surface area contributed by atoms with Crippen molar-refractivity contribution in [1.29, 1.82) is 0 Å². The zero-order valence-corrected chi connectivity index (χ0v) is 17.9. The van der Waals surface area contributed by atoms with Crippen LogP contribution in [0.15, 0.2) is 30.5 Å². The number of nitrogens with zero attached hydrogens (tertiary/aromatic N) is 3. The Morgan fingerprint density at radius 3 is 2.87 bits per heavy atom. The summed E-state index contributed by atoms with van der Waals surface area (Å²) in [5.41, 5.74) is 1.67. The highest BCUT2D eigenvalue weighted by Crippen LogP contribution is 2.33. The van der Waals surface area contributed by atoms with Gasteiger partial charge in [0.05, 0.1) is 18.8 Å². The number of nitrogens with one attached hydrogen (secondary N) is 2. The molecular weight excluding hydrogens is 406 g/mol. The predicted molar refractivity (Wildman–Crippen MR) is 118 cm³/mol. The van der Waals surface area contributed by atoms with Gasteiger partial charge in [0, 0.05) is 31.4 Å². The first kappa shape index (κ1) is 22.1. The van der Waals surface area contributed by atoms with Gasteiger partial charge in [0.25, 0.3) is 5.91 Å². The fourth-order valence-corrected chi connectivity index (χ4v) is 3.96. The van der Waals surface area contributed by atoms with Crippen LogP contribution in [0, 0.1) is 0 Å². The van der Waals surface area contributed by atoms with E-state index in [-0.39, 0.29) is 30.3 Å². The summed E-state index contributed by atoms with van der Waals surface area (Å²) in [5, 5.41) is 10.7. The number of ether oxygens (including phenoxy) is 1. The van der Waals surface area contributed by atoms with Gasteiger partial charge in [-0.15, -0.1) is 12.4 Å². The maximum absolute atomic E-state index is 12.7. The molecule has 0 spiro atoms. The lowest BCUT2D eigenvalue weighted by Crippen LogP contribution is -2.35. The van der Waals surface area contributed by atoms with Crippen LogP contribution in [0.2, 0.25) is 0 Å². The number of methoxy groups -OCH3 is 1. The highest BCUT2D eigenvalue weighted by atomic mass is 35.5. The lowest BCUT2D eigenvalue weighted by Gasteiger charge is -2.28. The number of benzene rings is 1. The zero-order valence-electron chi connectivity index (χ0n) is 17.1. The third kappa shape index (κ3) is 4.76. The quantitative estimate of drug-likeness (QED) is 0.756. The molecule has 1 aromatic carbocycles. The summed E-state index contributed by atoms with van der Waals surface area (Å²) in [6.07, 6.45) is 6.43. The Kier molecular flexibility index (Phi) is 7.33. The van der Waals surface area contributed by atoms with Crippen molar-refractivity contribution in [1.82, 2.24) is 15.1 Å². The highest BCUT2D eigenvalue weighted by molar-refractivity contribution is 6.03. The molecular formula is C21H28ClN5O3. The maximum Gasteiger partial charge on any atom is 0.276 e. The van der Waals surface area contributed by atoms with E-state index in [1.165, 1.54) is 0 Å². The van der Waals surface area contributed by atoms with Crippen LogP contribution < -0.4 is 20.3 Å². The summed E-state index contributed by atoms with van der Waals surface area (Å²) in [5.74, 6) is 0.429. The van der Waals surface area contributed by atoms with Crippen LogP contribution in [-0.2, 0) is 4.79 Å². The van der Waals surface area contributed by atoms with E-state index >= 15 is 0 Å². The van der Waals surface area contributed by atoms with E-state index in [1.54, 1.807) is 36.3 Å². The normalized spacial score (nSPS) is 19.2. The molecule has 2 amide bonds. The van der Waals surface area contributed by atoms with Gasteiger partial charge >= 0.3 is 0 Å². The average molecular weight is 434 g/mol. The Balaban J connectivity index is 0.00000256. The lowest BCUT2D eigenvalue weighted by molar-refractivity contribution is -0.119. The summed E-state index contributed by atoms with van der Waals surface area (Å²) in [6, 6.07) is 7.36. The van der Waals surface area contributed by atoms with Crippen LogP contribution in [0.3, 0.4) is 0 Å². The number of carbonyl (C=O) groups is 2. The summed E-state index contributed by atoms with van der Waals surface area (Å²) in [7, 11) is 1.58. The van der Waals surface area contributed by atoms with Crippen molar-refractivity contribution in [2.75, 3.05) is 37.0 Å². The van der Waals surface area contributed by atoms with Gasteiger partial charge in [-0.2, -0.15) is 5.10 Å². The maximum atomic E-state index is 12.7. The van der Waals surface area contributed by atoms with Crippen molar-refractivity contribution in [3.8, 4) is 5.75 Å². The van der Waals surface area contributed by atoms with Crippen LogP contribution in [-0.4, -0.2) is 48.3 Å². The second-order valence-corrected chi connectivity index (χ2v) is 7.52. The summed E-state index contributed by atoms with van der Waals surface area (Å²) < 4.78 is 7.30. The van der Waals surface area contributed by atoms with Gasteiger partial charge in [0.2, 0.25) is 5.91 Å². The minimum Gasteiger partial charge on any atom is -0.495 e. The molecule has 2 saturated heterocycles. The largest absolute Gasteiger partial charge is 0.495 e. The Labute approximate surface area is 182 Å². The fraction of sp³-hybridized carbons (Fsp3) is 0.476. The predicted octanol–water partition coefficient (Wildman–Crippen LogP) is 3.01. The minimum atomic E-state index is -0.270. The fourth-order valence-electron chi connectivity index (χ4n) is 3.96. The van der Waals surface area contributed by atoms with Crippen molar-refractivity contribution in [2.45, 2.75) is 38.1 Å². The van der Waals surface area contributed by atoms with Gasteiger partial charge < -0.3 is 20.3 Å². The van der Waals surface area contributed by atoms with Gasteiger partial charge in [0.1, 0.15) is 5.75 Å². The second kappa shape index (κ2) is 9.95. The number of halogens is 1. The number of amides is 2. The van der Waals surface area contributed by atoms with Gasteiger partial charge in [0.15, 0.2) is 5.69 Å². The van der Waals surface area contributed by atoms with Crippen molar-refractivity contribution in [3.05, 3.63) is 36.2 Å². The number of hydrogen-bond donors (Lipinski definition) is 2. The highest BCUT2D eigenvalue weighted by Gasteiger charge is 2.23. The van der Waals surface area contributed by atoms with Gasteiger partial charge in [-0.1, -0.05) is 0 Å². The van der Waals surface area contributed by atoms with Crippen molar-refractivity contribution >= 4 is 35.6 Å². The summed E-state index contributed by atoms with van der Waals surface area (Å²) in [4.78, 5) is 26.8. The Morgan fingerprint density at radius 2 is 2.13 bits per heavy atom. The molecule has 2 N–H and O–H groups in total. The number of rotatable bonds is 5. The van der Waals surface area contributed by atoms with Gasteiger partial charge in [-0.25, -0.2) is 0 Å². The Bertz CT molecular complexity index is 895. The molecule has 0 bridgehead atoms. The molecule has 0 radical (unpaired) electrons. The van der Waals surface area contributed by atoms with Gasteiger partial charge in [-0.3, -0.25) is 14.3 Å². The minimum absolute atomic E-state index is 0. The molecule has 3 heterocycles. The van der Waals surface area contributed by atoms with E-state index < -0.39 is 0 Å². The molecule has 1 aromatic heterocycles. The van der Waals surface area contributed by atoms with Crippen LogP contribution in [0.25, 0.3) is 0 Å². The molecule has 2 aliphatic heterocycles. The SMILES string of the molecule is COc1ccc(NC(=O)c2ccn(C3CCCNC3)n2)cc1N1CCCCC1=O.Cl. The van der Waals surface area contributed by atoms with E-state index in [0.717, 1.165) is 38.8 Å². The number of hydrogen-bond acceptors (Lipinski definition) is 5. The second-order valence-electron chi connectivity index (χ2n) is 7.52. The first-order valence-corrected chi connectivity index (χ1v) is 10.2. The first-order chi connectivity index (χ1) is 14.2. The standard InChI is InChI=1S/C21H27N5O3.ClH/c1-29-19-8-7-15(13-18(19)25-11-3-2-6-20(25)27)23-21(28)17-9-12-26(24-17)16-5-4-10-22-14-16;/h7-9,12-13,16,22H,2-6,10-11,14H2,1H3,(H,23,28);1H. The van der Waals surface area contributed by atoms with Crippen LogP contribution >= 0.6 is 12.4 Å².